The summed E-state index contributed by atoms with van der Waals surface area (Å²) in [6.07, 6.45) is -2.52. The van der Waals surface area contributed by atoms with E-state index >= 15 is 0 Å². The Balaban J connectivity index is 2.69. The zero-order valence-corrected chi connectivity index (χ0v) is 11.4. The predicted octanol–water partition coefficient (Wildman–Crippen LogP) is 3.27. The molecule has 0 unspecified atom stereocenters. The van der Waals surface area contributed by atoms with E-state index in [1.165, 1.54) is 6.07 Å². The number of pyridine rings is 1. The van der Waals surface area contributed by atoms with Crippen molar-refractivity contribution in [3.8, 4) is 5.88 Å². The molecule has 1 aromatic rings. The molecule has 3 nitrogen and oxygen atoms in total. The van der Waals surface area contributed by atoms with Crippen molar-refractivity contribution in [2.24, 2.45) is 0 Å². The van der Waals surface area contributed by atoms with Gasteiger partial charge in [0.05, 0.1) is 10.7 Å². The Bertz CT molecular complexity index is 394. The van der Waals surface area contributed by atoms with E-state index in [-0.39, 0.29) is 11.4 Å². The van der Waals surface area contributed by atoms with Crippen molar-refractivity contribution < 1.29 is 13.5 Å². The van der Waals surface area contributed by atoms with E-state index < -0.39 is 13.0 Å². The second kappa shape index (κ2) is 6.29. The highest BCUT2D eigenvalue weighted by Crippen LogP contribution is 2.19. The van der Waals surface area contributed by atoms with Crippen LogP contribution in [0.15, 0.2) is 12.1 Å². The smallest absolute Gasteiger partial charge is 0.272 e. The summed E-state index contributed by atoms with van der Waals surface area (Å²) in [5.74, 6) is 0.158. The Hall–Kier alpha value is -0.940. The molecule has 102 valence electrons. The lowest BCUT2D eigenvalue weighted by Crippen LogP contribution is -2.35. The minimum Gasteiger partial charge on any atom is -0.472 e. The van der Waals surface area contributed by atoms with Gasteiger partial charge < -0.3 is 10.1 Å². The molecule has 0 aromatic carbocycles. The van der Waals surface area contributed by atoms with Crippen molar-refractivity contribution in [1.82, 2.24) is 10.3 Å². The zero-order valence-electron chi connectivity index (χ0n) is 10.6. The summed E-state index contributed by atoms with van der Waals surface area (Å²) >= 11 is 5.98. The monoisotopic (exact) mass is 278 g/mol. The van der Waals surface area contributed by atoms with Crippen molar-refractivity contribution >= 4 is 11.6 Å². The summed E-state index contributed by atoms with van der Waals surface area (Å²) in [5.41, 5.74) is 0.503. The molecule has 1 aromatic heterocycles. The van der Waals surface area contributed by atoms with Gasteiger partial charge in [0.1, 0.15) is 0 Å². The maximum absolute atomic E-state index is 12.0. The van der Waals surface area contributed by atoms with Crippen LogP contribution in [0, 0.1) is 0 Å². The molecule has 1 heterocycles. The average molecular weight is 279 g/mol. The number of ether oxygens (including phenoxy) is 1. The first-order chi connectivity index (χ1) is 8.28. The fourth-order valence-electron chi connectivity index (χ4n) is 1.17. The minimum absolute atomic E-state index is 0.0785. The molecule has 0 fully saturated rings. The Morgan fingerprint density at radius 2 is 2.06 bits per heavy atom. The molecule has 0 atom stereocenters. The molecule has 0 bridgehead atoms. The largest absolute Gasteiger partial charge is 0.472 e. The summed E-state index contributed by atoms with van der Waals surface area (Å²) in [5, 5.41) is 3.70. The van der Waals surface area contributed by atoms with Gasteiger partial charge in [-0.15, -0.1) is 0 Å². The van der Waals surface area contributed by atoms with Crippen LogP contribution in [0.1, 0.15) is 26.5 Å². The lowest BCUT2D eigenvalue weighted by Gasteiger charge is -2.20. The number of hydrogen-bond acceptors (Lipinski definition) is 3. The zero-order chi connectivity index (χ0) is 13.8. The van der Waals surface area contributed by atoms with E-state index in [0.29, 0.717) is 17.3 Å². The molecule has 18 heavy (non-hydrogen) atoms. The predicted molar refractivity (Wildman–Crippen MR) is 67.3 cm³/mol. The number of hydrogen-bond donors (Lipinski definition) is 1. The van der Waals surface area contributed by atoms with Gasteiger partial charge in [-0.2, -0.15) is 0 Å². The molecule has 6 heteroatoms. The third kappa shape index (κ3) is 5.60. The second-order valence-corrected chi connectivity index (χ2v) is 5.29. The highest BCUT2D eigenvalue weighted by atomic mass is 35.5. The summed E-state index contributed by atoms with van der Waals surface area (Å²) in [7, 11) is 0. The molecule has 0 aliphatic heterocycles. The van der Waals surface area contributed by atoms with Gasteiger partial charge in [0.15, 0.2) is 6.61 Å². The van der Waals surface area contributed by atoms with E-state index in [9.17, 15) is 8.78 Å². The van der Waals surface area contributed by atoms with E-state index in [1.54, 1.807) is 6.07 Å². The number of rotatable bonds is 5. The topological polar surface area (TPSA) is 34.2 Å². The lowest BCUT2D eigenvalue weighted by atomic mass is 10.1. The molecular formula is C12H17ClF2N2O. The maximum Gasteiger partial charge on any atom is 0.272 e. The summed E-state index contributed by atoms with van der Waals surface area (Å²) in [6, 6.07) is 3.07. The van der Waals surface area contributed by atoms with Gasteiger partial charge in [0, 0.05) is 18.2 Å². The molecule has 0 saturated carbocycles. The third-order valence-corrected chi connectivity index (χ3v) is 2.38. The van der Waals surface area contributed by atoms with E-state index in [1.807, 2.05) is 20.8 Å². The van der Waals surface area contributed by atoms with Gasteiger partial charge in [0.2, 0.25) is 5.88 Å². The quantitative estimate of drug-likeness (QED) is 0.898. The Morgan fingerprint density at radius 3 is 2.61 bits per heavy atom. The molecule has 0 spiro atoms. The van der Waals surface area contributed by atoms with E-state index in [2.05, 4.69) is 10.3 Å². The second-order valence-electron chi connectivity index (χ2n) is 4.88. The molecule has 1 N–H and O–H groups in total. The number of nitrogens with zero attached hydrogens (tertiary/aromatic N) is 1. The first kappa shape index (κ1) is 15.1. The van der Waals surface area contributed by atoms with Crippen molar-refractivity contribution in [3.63, 3.8) is 0 Å². The van der Waals surface area contributed by atoms with Crippen LogP contribution in [-0.2, 0) is 6.54 Å². The third-order valence-electron chi connectivity index (χ3n) is 2.04. The van der Waals surface area contributed by atoms with Crippen LogP contribution < -0.4 is 10.1 Å². The Kier molecular flexibility index (Phi) is 5.28. The highest BCUT2D eigenvalue weighted by Gasteiger charge is 2.12. The van der Waals surface area contributed by atoms with Gasteiger partial charge in [-0.1, -0.05) is 11.6 Å². The van der Waals surface area contributed by atoms with Gasteiger partial charge >= 0.3 is 0 Å². The summed E-state index contributed by atoms with van der Waals surface area (Å²) in [4.78, 5) is 4.10. The van der Waals surface area contributed by atoms with Crippen molar-refractivity contribution in [1.29, 1.82) is 0 Å². The SMILES string of the molecule is CC(C)(C)NCc1nc(OCC(F)F)ccc1Cl. The van der Waals surface area contributed by atoms with E-state index in [0.717, 1.165) is 0 Å². The normalized spacial score (nSPS) is 11.9. The number of halogens is 3. The van der Waals surface area contributed by atoms with Crippen LogP contribution in [0.25, 0.3) is 0 Å². The number of aromatic nitrogens is 1. The van der Waals surface area contributed by atoms with Crippen LogP contribution in [0.2, 0.25) is 5.02 Å². The van der Waals surface area contributed by atoms with Gasteiger partial charge in [0.25, 0.3) is 6.43 Å². The average Bonchev–Trinajstić information content (AvgIpc) is 2.25. The fourth-order valence-corrected chi connectivity index (χ4v) is 1.34. The summed E-state index contributed by atoms with van der Waals surface area (Å²) in [6.45, 7) is 5.82. The van der Waals surface area contributed by atoms with Crippen molar-refractivity contribution in [2.75, 3.05) is 6.61 Å². The molecule has 0 amide bonds. The molecular weight excluding hydrogens is 262 g/mol. The standard InChI is InChI=1S/C12H17ClF2N2O/c1-12(2,3)16-6-9-8(13)4-5-11(17-9)18-7-10(14)15/h4-5,10,16H,6-7H2,1-3H3. The van der Waals surface area contributed by atoms with Crippen LogP contribution >= 0.6 is 11.6 Å². The van der Waals surface area contributed by atoms with Crippen LogP contribution in [-0.4, -0.2) is 23.6 Å². The minimum atomic E-state index is -2.52. The van der Waals surface area contributed by atoms with Gasteiger partial charge in [-0.05, 0) is 26.8 Å². The Labute approximate surface area is 111 Å². The molecule has 1 rings (SSSR count). The van der Waals surface area contributed by atoms with Crippen molar-refractivity contribution in [2.45, 2.75) is 39.3 Å². The molecule has 0 saturated heterocycles. The molecule has 0 aliphatic carbocycles. The van der Waals surface area contributed by atoms with Gasteiger partial charge in [-0.3, -0.25) is 0 Å². The van der Waals surface area contributed by atoms with E-state index in [4.69, 9.17) is 16.3 Å². The van der Waals surface area contributed by atoms with Crippen molar-refractivity contribution in [3.05, 3.63) is 22.8 Å². The molecule has 0 aliphatic rings. The number of alkyl halides is 2. The van der Waals surface area contributed by atoms with Crippen LogP contribution in [0.5, 0.6) is 5.88 Å². The highest BCUT2D eigenvalue weighted by molar-refractivity contribution is 6.31. The first-order valence-corrected chi connectivity index (χ1v) is 5.97. The fraction of sp³-hybridized carbons (Fsp3) is 0.583. The van der Waals surface area contributed by atoms with Crippen LogP contribution in [0.3, 0.4) is 0 Å². The number of nitrogens with one attached hydrogen (secondary N) is 1. The first-order valence-electron chi connectivity index (χ1n) is 5.59. The lowest BCUT2D eigenvalue weighted by molar-refractivity contribution is 0.0794. The maximum atomic E-state index is 12.0. The molecule has 0 radical (unpaired) electrons. The van der Waals surface area contributed by atoms with Gasteiger partial charge in [-0.25, -0.2) is 13.8 Å². The Morgan fingerprint density at radius 1 is 1.39 bits per heavy atom. The summed E-state index contributed by atoms with van der Waals surface area (Å²) < 4.78 is 28.9. The van der Waals surface area contributed by atoms with Crippen LogP contribution in [0.4, 0.5) is 8.78 Å².